The summed E-state index contributed by atoms with van der Waals surface area (Å²) < 4.78 is 10.6. The third-order valence-electron chi connectivity index (χ3n) is 2.93. The Labute approximate surface area is 133 Å². The van der Waals surface area contributed by atoms with Crippen molar-refractivity contribution in [3.8, 4) is 11.5 Å². The van der Waals surface area contributed by atoms with Crippen LogP contribution in [0.25, 0.3) is 0 Å². The van der Waals surface area contributed by atoms with Gasteiger partial charge in [-0.3, -0.25) is 4.79 Å². The molecule has 0 saturated carbocycles. The molecule has 6 heteroatoms. The number of carboxylic acids is 1. The fourth-order valence-corrected chi connectivity index (χ4v) is 1.91. The third kappa shape index (κ3) is 4.74. The number of anilines is 1. The van der Waals surface area contributed by atoms with Crippen molar-refractivity contribution in [2.75, 3.05) is 18.5 Å². The minimum Gasteiger partial charge on any atom is -0.494 e. The maximum atomic E-state index is 11.9. The Morgan fingerprint density at radius 2 is 1.74 bits per heavy atom. The molecule has 0 aliphatic heterocycles. The van der Waals surface area contributed by atoms with Gasteiger partial charge < -0.3 is 19.9 Å². The molecule has 2 rings (SSSR count). The Kier molecular flexibility index (Phi) is 5.57. The van der Waals surface area contributed by atoms with Crippen LogP contribution in [0.3, 0.4) is 0 Å². The first kappa shape index (κ1) is 16.4. The highest BCUT2D eigenvalue weighted by Crippen LogP contribution is 2.18. The van der Waals surface area contributed by atoms with E-state index >= 15 is 0 Å². The molecule has 0 aliphatic rings. The number of amides is 1. The maximum Gasteiger partial charge on any atom is 0.339 e. The number of hydrogen-bond donors (Lipinski definition) is 2. The van der Waals surface area contributed by atoms with Gasteiger partial charge >= 0.3 is 5.97 Å². The first-order chi connectivity index (χ1) is 11.1. The van der Waals surface area contributed by atoms with Crippen LogP contribution in [0.15, 0.2) is 48.5 Å². The lowest BCUT2D eigenvalue weighted by atomic mass is 10.2. The number of aromatic carboxylic acids is 1. The van der Waals surface area contributed by atoms with Gasteiger partial charge in [0.1, 0.15) is 17.1 Å². The predicted octanol–water partition coefficient (Wildman–Crippen LogP) is 2.80. The predicted molar refractivity (Wildman–Crippen MR) is 85.1 cm³/mol. The zero-order valence-electron chi connectivity index (χ0n) is 12.6. The molecule has 120 valence electrons. The molecule has 2 aromatic rings. The average molecular weight is 315 g/mol. The number of benzene rings is 2. The minimum atomic E-state index is -1.10. The van der Waals surface area contributed by atoms with Crippen molar-refractivity contribution in [1.82, 2.24) is 0 Å². The van der Waals surface area contributed by atoms with E-state index in [1.54, 1.807) is 36.4 Å². The lowest BCUT2D eigenvalue weighted by Crippen LogP contribution is -2.20. The van der Waals surface area contributed by atoms with Gasteiger partial charge in [-0.25, -0.2) is 4.79 Å². The highest BCUT2D eigenvalue weighted by Gasteiger charge is 2.11. The number of carbonyl (C=O) groups excluding carboxylic acids is 1. The molecule has 0 bridgehead atoms. The van der Waals surface area contributed by atoms with E-state index in [9.17, 15) is 9.59 Å². The van der Waals surface area contributed by atoms with Crippen LogP contribution in [0.2, 0.25) is 0 Å². The average Bonchev–Trinajstić information content (AvgIpc) is 2.55. The molecular formula is C17H17NO5. The monoisotopic (exact) mass is 315 g/mol. The van der Waals surface area contributed by atoms with E-state index in [1.165, 1.54) is 12.1 Å². The number of carbonyl (C=O) groups is 2. The molecule has 0 fully saturated rings. The second-order valence-corrected chi connectivity index (χ2v) is 4.60. The number of para-hydroxylation sites is 1. The molecular weight excluding hydrogens is 298 g/mol. The van der Waals surface area contributed by atoms with Crippen LogP contribution in [0.5, 0.6) is 11.5 Å². The number of ether oxygens (including phenoxy) is 2. The quantitative estimate of drug-likeness (QED) is 0.820. The van der Waals surface area contributed by atoms with Gasteiger partial charge in [-0.15, -0.1) is 0 Å². The van der Waals surface area contributed by atoms with Crippen LogP contribution in [-0.4, -0.2) is 30.2 Å². The summed E-state index contributed by atoms with van der Waals surface area (Å²) in [5.41, 5.74) is 0.620. The Balaban J connectivity index is 1.91. The molecule has 0 atom stereocenters. The molecule has 1 amide bonds. The number of hydrogen-bond acceptors (Lipinski definition) is 4. The zero-order chi connectivity index (χ0) is 16.7. The maximum absolute atomic E-state index is 11.9. The summed E-state index contributed by atoms with van der Waals surface area (Å²) in [6.07, 6.45) is 0. The van der Waals surface area contributed by atoms with Crippen LogP contribution >= 0.6 is 0 Å². The summed E-state index contributed by atoms with van der Waals surface area (Å²) >= 11 is 0. The van der Waals surface area contributed by atoms with Crippen molar-refractivity contribution in [3.05, 3.63) is 54.1 Å². The molecule has 0 aromatic heterocycles. The fraction of sp³-hybridized carbons (Fsp3) is 0.176. The smallest absolute Gasteiger partial charge is 0.339 e. The van der Waals surface area contributed by atoms with Gasteiger partial charge in [-0.05, 0) is 43.3 Å². The van der Waals surface area contributed by atoms with Crippen LogP contribution in [0.4, 0.5) is 5.69 Å². The van der Waals surface area contributed by atoms with Gasteiger partial charge in [-0.2, -0.15) is 0 Å². The molecule has 2 aromatic carbocycles. The van der Waals surface area contributed by atoms with E-state index in [2.05, 4.69) is 5.32 Å². The molecule has 6 nitrogen and oxygen atoms in total. The Bertz CT molecular complexity index is 682. The van der Waals surface area contributed by atoms with E-state index in [-0.39, 0.29) is 23.8 Å². The summed E-state index contributed by atoms with van der Waals surface area (Å²) in [5, 5.41) is 11.7. The second-order valence-electron chi connectivity index (χ2n) is 4.60. The number of rotatable bonds is 7. The van der Waals surface area contributed by atoms with Gasteiger partial charge in [-0.1, -0.05) is 12.1 Å². The van der Waals surface area contributed by atoms with Crippen molar-refractivity contribution in [1.29, 1.82) is 0 Å². The first-order valence-electron chi connectivity index (χ1n) is 7.08. The molecule has 0 spiro atoms. The van der Waals surface area contributed by atoms with Crippen molar-refractivity contribution >= 4 is 17.6 Å². The summed E-state index contributed by atoms with van der Waals surface area (Å²) in [6, 6.07) is 13.1. The van der Waals surface area contributed by atoms with Crippen LogP contribution in [0.1, 0.15) is 17.3 Å². The largest absolute Gasteiger partial charge is 0.494 e. The van der Waals surface area contributed by atoms with E-state index in [1.807, 2.05) is 6.92 Å². The second kappa shape index (κ2) is 7.84. The number of nitrogens with one attached hydrogen (secondary N) is 1. The first-order valence-corrected chi connectivity index (χ1v) is 7.08. The molecule has 2 N–H and O–H groups in total. The topological polar surface area (TPSA) is 84.9 Å². The lowest BCUT2D eigenvalue weighted by Gasteiger charge is -2.10. The lowest BCUT2D eigenvalue weighted by molar-refractivity contribution is -0.118. The van der Waals surface area contributed by atoms with Gasteiger partial charge in [0.2, 0.25) is 0 Å². The number of carboxylic acid groups (broad SMARTS) is 1. The van der Waals surface area contributed by atoms with Gasteiger partial charge in [0.25, 0.3) is 5.91 Å². The van der Waals surface area contributed by atoms with Crippen molar-refractivity contribution in [3.63, 3.8) is 0 Å². The molecule has 0 saturated heterocycles. The summed E-state index contributed by atoms with van der Waals surface area (Å²) in [4.78, 5) is 22.9. The standard InChI is InChI=1S/C17H17NO5/c1-2-22-13-9-7-12(8-10-13)18-16(19)11-23-15-6-4-3-5-14(15)17(20)21/h3-10H,2,11H2,1H3,(H,18,19)(H,20,21). The summed E-state index contributed by atoms with van der Waals surface area (Å²) in [7, 11) is 0. The van der Waals surface area contributed by atoms with E-state index in [4.69, 9.17) is 14.6 Å². The van der Waals surface area contributed by atoms with Crippen molar-refractivity contribution in [2.45, 2.75) is 6.92 Å². The highest BCUT2D eigenvalue weighted by atomic mass is 16.5. The normalized spacial score (nSPS) is 9.96. The van der Waals surface area contributed by atoms with Crippen LogP contribution < -0.4 is 14.8 Å². The molecule has 0 radical (unpaired) electrons. The Morgan fingerprint density at radius 3 is 2.39 bits per heavy atom. The van der Waals surface area contributed by atoms with E-state index < -0.39 is 5.97 Å². The fourth-order valence-electron chi connectivity index (χ4n) is 1.91. The zero-order valence-corrected chi connectivity index (χ0v) is 12.6. The van der Waals surface area contributed by atoms with Crippen LogP contribution in [-0.2, 0) is 4.79 Å². The Hall–Kier alpha value is -3.02. The summed E-state index contributed by atoms with van der Waals surface area (Å²) in [5.74, 6) is -0.610. The Morgan fingerprint density at radius 1 is 1.04 bits per heavy atom. The molecule has 0 unspecified atom stereocenters. The summed E-state index contributed by atoms with van der Waals surface area (Å²) in [6.45, 7) is 2.18. The van der Waals surface area contributed by atoms with Gasteiger partial charge in [0.05, 0.1) is 6.61 Å². The molecule has 0 aliphatic carbocycles. The van der Waals surface area contributed by atoms with E-state index in [0.717, 1.165) is 5.75 Å². The SMILES string of the molecule is CCOc1ccc(NC(=O)COc2ccccc2C(=O)O)cc1. The highest BCUT2D eigenvalue weighted by molar-refractivity contribution is 5.93. The van der Waals surface area contributed by atoms with Gasteiger partial charge in [0.15, 0.2) is 6.61 Å². The van der Waals surface area contributed by atoms with Crippen molar-refractivity contribution < 1.29 is 24.2 Å². The molecule has 0 heterocycles. The third-order valence-corrected chi connectivity index (χ3v) is 2.93. The van der Waals surface area contributed by atoms with Crippen LogP contribution in [0, 0.1) is 0 Å². The minimum absolute atomic E-state index is 0.0152. The van der Waals surface area contributed by atoms with E-state index in [0.29, 0.717) is 12.3 Å². The molecule has 23 heavy (non-hydrogen) atoms. The van der Waals surface area contributed by atoms with Crippen molar-refractivity contribution in [2.24, 2.45) is 0 Å². The van der Waals surface area contributed by atoms with Gasteiger partial charge in [0, 0.05) is 5.69 Å².